The molecule has 0 aromatic carbocycles. The van der Waals surface area contributed by atoms with E-state index in [9.17, 15) is 0 Å². The second kappa shape index (κ2) is 4.76. The first kappa shape index (κ1) is 9.05. The number of rotatable bonds is 3. The molecule has 1 aliphatic heterocycles. The molecule has 1 N–H and O–H groups in total. The van der Waals surface area contributed by atoms with Gasteiger partial charge in [0, 0.05) is 0 Å². The molecule has 2 unspecified atom stereocenters. The summed E-state index contributed by atoms with van der Waals surface area (Å²) >= 11 is 0. The van der Waals surface area contributed by atoms with Gasteiger partial charge in [-0.05, 0) is 44.2 Å². The lowest BCUT2D eigenvalue weighted by atomic mass is 9.89. The van der Waals surface area contributed by atoms with E-state index in [-0.39, 0.29) is 0 Å². The zero-order chi connectivity index (χ0) is 8.10. The van der Waals surface area contributed by atoms with Gasteiger partial charge in [-0.25, -0.2) is 0 Å². The van der Waals surface area contributed by atoms with Crippen LogP contribution in [0.15, 0.2) is 0 Å². The van der Waals surface area contributed by atoms with E-state index >= 15 is 0 Å². The minimum Gasteiger partial charge on any atom is -0.316 e. The Kier molecular flexibility index (Phi) is 3.92. The van der Waals surface area contributed by atoms with Crippen molar-refractivity contribution in [3.8, 4) is 0 Å². The highest BCUT2D eigenvalue weighted by atomic mass is 14.9. The van der Waals surface area contributed by atoms with Crippen LogP contribution in [0.25, 0.3) is 0 Å². The van der Waals surface area contributed by atoms with Crippen molar-refractivity contribution in [3.63, 3.8) is 0 Å². The molecule has 0 aliphatic carbocycles. The standard InChI is InChI=1S/C10H20N/c1-3-9(2)7-10-5-4-6-11-8-10/h7,9-11H,3-6,8H2,1-2H3. The third-order valence-corrected chi connectivity index (χ3v) is 2.58. The first-order valence-electron chi connectivity index (χ1n) is 4.88. The van der Waals surface area contributed by atoms with Crippen LogP contribution in [0.2, 0.25) is 0 Å². The normalized spacial score (nSPS) is 28.4. The summed E-state index contributed by atoms with van der Waals surface area (Å²) in [7, 11) is 0. The summed E-state index contributed by atoms with van der Waals surface area (Å²) in [6.45, 7) is 7.02. The highest BCUT2D eigenvalue weighted by Gasteiger charge is 2.14. The fraction of sp³-hybridized carbons (Fsp3) is 0.900. The molecule has 1 rings (SSSR count). The monoisotopic (exact) mass is 154 g/mol. The SMILES string of the molecule is CCC(C)[CH]C1CCCNC1. The van der Waals surface area contributed by atoms with E-state index in [1.165, 1.54) is 32.4 Å². The Balaban J connectivity index is 2.13. The van der Waals surface area contributed by atoms with Gasteiger partial charge < -0.3 is 5.32 Å². The smallest absolute Gasteiger partial charge is 0.00177 e. The molecule has 0 bridgehead atoms. The lowest BCUT2D eigenvalue weighted by molar-refractivity contribution is 0.385. The zero-order valence-electron chi connectivity index (χ0n) is 7.77. The Labute approximate surface area is 70.6 Å². The van der Waals surface area contributed by atoms with E-state index < -0.39 is 0 Å². The van der Waals surface area contributed by atoms with Gasteiger partial charge in [-0.2, -0.15) is 0 Å². The fourth-order valence-electron chi connectivity index (χ4n) is 1.64. The Morgan fingerprint density at radius 3 is 3.00 bits per heavy atom. The van der Waals surface area contributed by atoms with Crippen LogP contribution < -0.4 is 5.32 Å². The number of piperidine rings is 1. The molecule has 0 saturated carbocycles. The molecule has 1 fully saturated rings. The Bertz CT molecular complexity index is 95.0. The lowest BCUT2D eigenvalue weighted by Crippen LogP contribution is -2.30. The first-order chi connectivity index (χ1) is 5.33. The van der Waals surface area contributed by atoms with Gasteiger partial charge in [0.15, 0.2) is 0 Å². The van der Waals surface area contributed by atoms with Gasteiger partial charge in [0.05, 0.1) is 0 Å². The molecule has 0 aromatic rings. The van der Waals surface area contributed by atoms with E-state index in [0.717, 1.165) is 11.8 Å². The number of nitrogens with one attached hydrogen (secondary N) is 1. The molecule has 1 heteroatoms. The molecule has 11 heavy (non-hydrogen) atoms. The average molecular weight is 154 g/mol. The third kappa shape index (κ3) is 3.24. The van der Waals surface area contributed by atoms with Gasteiger partial charge in [-0.3, -0.25) is 0 Å². The number of hydrogen-bond donors (Lipinski definition) is 1. The first-order valence-corrected chi connectivity index (χ1v) is 4.88. The van der Waals surface area contributed by atoms with Crippen LogP contribution >= 0.6 is 0 Å². The predicted molar refractivity (Wildman–Crippen MR) is 49.3 cm³/mol. The van der Waals surface area contributed by atoms with Crippen LogP contribution in [0, 0.1) is 18.3 Å². The van der Waals surface area contributed by atoms with E-state index in [4.69, 9.17) is 0 Å². The summed E-state index contributed by atoms with van der Waals surface area (Å²) in [4.78, 5) is 0. The average Bonchev–Trinajstić information content (AvgIpc) is 2.06. The van der Waals surface area contributed by atoms with Crippen molar-refractivity contribution in [2.24, 2.45) is 11.8 Å². The van der Waals surface area contributed by atoms with Gasteiger partial charge in [-0.1, -0.05) is 20.3 Å². The molecule has 1 aliphatic rings. The highest BCUT2D eigenvalue weighted by molar-refractivity contribution is 4.84. The lowest BCUT2D eigenvalue weighted by Gasteiger charge is -2.24. The van der Waals surface area contributed by atoms with Crippen molar-refractivity contribution in [1.82, 2.24) is 5.32 Å². The topological polar surface area (TPSA) is 12.0 Å². The Morgan fingerprint density at radius 1 is 1.64 bits per heavy atom. The van der Waals surface area contributed by atoms with E-state index in [0.29, 0.717) is 0 Å². The molecule has 1 radical (unpaired) electrons. The second-order valence-corrected chi connectivity index (χ2v) is 3.68. The van der Waals surface area contributed by atoms with Gasteiger partial charge >= 0.3 is 0 Å². The van der Waals surface area contributed by atoms with Crippen LogP contribution in [0.1, 0.15) is 33.1 Å². The van der Waals surface area contributed by atoms with Crippen molar-refractivity contribution < 1.29 is 0 Å². The minimum atomic E-state index is 0.805. The molecular formula is C10H20N. The van der Waals surface area contributed by atoms with E-state index in [1.807, 2.05) is 0 Å². The zero-order valence-corrected chi connectivity index (χ0v) is 7.77. The molecule has 1 nitrogen and oxygen atoms in total. The van der Waals surface area contributed by atoms with Crippen LogP contribution in [0.4, 0.5) is 0 Å². The maximum Gasteiger partial charge on any atom is -0.00177 e. The van der Waals surface area contributed by atoms with Crippen molar-refractivity contribution in [2.45, 2.75) is 33.1 Å². The van der Waals surface area contributed by atoms with Crippen molar-refractivity contribution in [2.75, 3.05) is 13.1 Å². The Hall–Kier alpha value is -0.0400. The summed E-state index contributed by atoms with van der Waals surface area (Å²) in [5, 5.41) is 3.43. The summed E-state index contributed by atoms with van der Waals surface area (Å²) in [6.07, 6.45) is 6.57. The van der Waals surface area contributed by atoms with E-state index in [2.05, 4.69) is 25.6 Å². The molecule has 0 aromatic heterocycles. The van der Waals surface area contributed by atoms with Crippen LogP contribution in [0.5, 0.6) is 0 Å². The summed E-state index contributed by atoms with van der Waals surface area (Å²) in [6, 6.07) is 0. The van der Waals surface area contributed by atoms with Gasteiger partial charge in [0.2, 0.25) is 0 Å². The fourth-order valence-corrected chi connectivity index (χ4v) is 1.64. The molecule has 0 spiro atoms. The molecule has 65 valence electrons. The van der Waals surface area contributed by atoms with Crippen LogP contribution in [-0.2, 0) is 0 Å². The van der Waals surface area contributed by atoms with E-state index in [1.54, 1.807) is 0 Å². The molecule has 2 atom stereocenters. The van der Waals surface area contributed by atoms with Crippen LogP contribution in [0.3, 0.4) is 0 Å². The highest BCUT2D eigenvalue weighted by Crippen LogP contribution is 2.19. The summed E-state index contributed by atoms with van der Waals surface area (Å²) < 4.78 is 0. The largest absolute Gasteiger partial charge is 0.316 e. The summed E-state index contributed by atoms with van der Waals surface area (Å²) in [5.41, 5.74) is 0. The summed E-state index contributed by atoms with van der Waals surface area (Å²) in [5.74, 6) is 1.65. The second-order valence-electron chi connectivity index (χ2n) is 3.68. The van der Waals surface area contributed by atoms with Crippen molar-refractivity contribution in [1.29, 1.82) is 0 Å². The molecule has 0 amide bonds. The van der Waals surface area contributed by atoms with Crippen LogP contribution in [-0.4, -0.2) is 13.1 Å². The number of hydrogen-bond acceptors (Lipinski definition) is 1. The quantitative estimate of drug-likeness (QED) is 0.657. The molecule has 1 heterocycles. The van der Waals surface area contributed by atoms with Crippen molar-refractivity contribution in [3.05, 3.63) is 6.42 Å². The predicted octanol–water partition coefficient (Wildman–Crippen LogP) is 2.24. The minimum absolute atomic E-state index is 0.805. The van der Waals surface area contributed by atoms with Crippen molar-refractivity contribution >= 4 is 0 Å². The Morgan fingerprint density at radius 2 is 2.45 bits per heavy atom. The van der Waals surface area contributed by atoms with Gasteiger partial charge in [0.25, 0.3) is 0 Å². The third-order valence-electron chi connectivity index (χ3n) is 2.58. The maximum absolute atomic E-state index is 3.43. The van der Waals surface area contributed by atoms with Gasteiger partial charge in [0.1, 0.15) is 0 Å². The maximum atomic E-state index is 3.43. The van der Waals surface area contributed by atoms with Gasteiger partial charge in [-0.15, -0.1) is 0 Å². The molecule has 1 saturated heterocycles. The molecular weight excluding hydrogens is 134 g/mol.